The van der Waals surface area contributed by atoms with E-state index in [1.165, 1.54) is 0 Å². The number of benzene rings is 2. The van der Waals surface area contributed by atoms with Crippen LogP contribution in [0, 0.1) is 5.92 Å². The van der Waals surface area contributed by atoms with Crippen molar-refractivity contribution in [1.82, 2.24) is 5.32 Å². The maximum atomic E-state index is 12.4. The standard InChI is InChI=1S/C19H23NO4/c1-11(2)17(19(22)23)20-18(21)12(3)13-5-6-15-10-16(24-4)8-7-14(15)9-13/h5-12,17H,1-4H3,(H,20,21)(H,22,23)/t12-,17?/m0/s1. The maximum absolute atomic E-state index is 12.4. The molecule has 1 unspecified atom stereocenters. The smallest absolute Gasteiger partial charge is 0.326 e. The number of carboxylic acid groups (broad SMARTS) is 1. The van der Waals surface area contributed by atoms with Gasteiger partial charge in [-0.05, 0) is 41.3 Å². The number of nitrogens with one attached hydrogen (secondary N) is 1. The van der Waals surface area contributed by atoms with Crippen molar-refractivity contribution >= 4 is 22.6 Å². The van der Waals surface area contributed by atoms with Crippen LogP contribution >= 0.6 is 0 Å². The van der Waals surface area contributed by atoms with E-state index in [0.717, 1.165) is 22.1 Å². The minimum Gasteiger partial charge on any atom is -0.497 e. The molecule has 5 nitrogen and oxygen atoms in total. The van der Waals surface area contributed by atoms with Crippen molar-refractivity contribution in [2.75, 3.05) is 7.11 Å². The molecule has 0 fully saturated rings. The molecule has 0 saturated carbocycles. The van der Waals surface area contributed by atoms with E-state index in [2.05, 4.69) is 5.32 Å². The van der Waals surface area contributed by atoms with Crippen LogP contribution in [0.25, 0.3) is 10.8 Å². The molecule has 2 aromatic carbocycles. The molecule has 2 aromatic rings. The van der Waals surface area contributed by atoms with E-state index in [4.69, 9.17) is 4.74 Å². The number of hydrogen-bond donors (Lipinski definition) is 2. The minimum atomic E-state index is -1.02. The number of rotatable bonds is 6. The zero-order valence-electron chi connectivity index (χ0n) is 14.4. The molecule has 2 atom stereocenters. The molecule has 0 heterocycles. The van der Waals surface area contributed by atoms with Gasteiger partial charge in [0.1, 0.15) is 11.8 Å². The zero-order valence-corrected chi connectivity index (χ0v) is 14.4. The average molecular weight is 329 g/mol. The summed E-state index contributed by atoms with van der Waals surface area (Å²) in [6, 6.07) is 10.6. The minimum absolute atomic E-state index is 0.178. The van der Waals surface area contributed by atoms with Gasteiger partial charge in [0.25, 0.3) is 0 Å². The molecule has 128 valence electrons. The van der Waals surface area contributed by atoms with Gasteiger partial charge < -0.3 is 15.2 Å². The van der Waals surface area contributed by atoms with Gasteiger partial charge in [-0.3, -0.25) is 4.79 Å². The Morgan fingerprint density at radius 1 is 1.04 bits per heavy atom. The average Bonchev–Trinajstić information content (AvgIpc) is 2.57. The Balaban J connectivity index is 2.22. The van der Waals surface area contributed by atoms with Gasteiger partial charge in [0.15, 0.2) is 0 Å². The normalized spacial score (nSPS) is 13.5. The predicted octanol–water partition coefficient (Wildman–Crippen LogP) is 3.18. The molecular formula is C19H23NO4. The molecule has 0 aliphatic rings. The van der Waals surface area contributed by atoms with Crippen LogP contribution in [0.5, 0.6) is 5.75 Å². The summed E-state index contributed by atoms with van der Waals surface area (Å²) in [5.74, 6) is -1.14. The van der Waals surface area contributed by atoms with Gasteiger partial charge in [0.2, 0.25) is 5.91 Å². The lowest BCUT2D eigenvalue weighted by Crippen LogP contribution is -2.45. The summed E-state index contributed by atoms with van der Waals surface area (Å²) in [5.41, 5.74) is 0.845. The third kappa shape index (κ3) is 3.85. The second-order valence-electron chi connectivity index (χ2n) is 6.26. The van der Waals surface area contributed by atoms with Crippen LogP contribution in [0.15, 0.2) is 36.4 Å². The number of methoxy groups -OCH3 is 1. The van der Waals surface area contributed by atoms with E-state index in [1.54, 1.807) is 27.9 Å². The Bertz CT molecular complexity index is 754. The Morgan fingerprint density at radius 2 is 1.67 bits per heavy atom. The maximum Gasteiger partial charge on any atom is 0.326 e. The zero-order chi connectivity index (χ0) is 17.9. The van der Waals surface area contributed by atoms with Crippen molar-refractivity contribution < 1.29 is 19.4 Å². The van der Waals surface area contributed by atoms with Gasteiger partial charge in [-0.1, -0.05) is 38.1 Å². The van der Waals surface area contributed by atoms with E-state index in [-0.39, 0.29) is 11.8 Å². The van der Waals surface area contributed by atoms with Crippen LogP contribution in [0.4, 0.5) is 0 Å². The lowest BCUT2D eigenvalue weighted by molar-refractivity contribution is -0.143. The van der Waals surface area contributed by atoms with Crippen LogP contribution in [0.3, 0.4) is 0 Å². The van der Waals surface area contributed by atoms with Crippen molar-refractivity contribution in [3.05, 3.63) is 42.0 Å². The lowest BCUT2D eigenvalue weighted by atomic mass is 9.96. The number of aliphatic carboxylic acids is 1. The number of ether oxygens (including phenoxy) is 1. The summed E-state index contributed by atoms with van der Waals surface area (Å²) >= 11 is 0. The number of carbonyl (C=O) groups excluding carboxylic acids is 1. The van der Waals surface area contributed by atoms with Gasteiger partial charge in [0.05, 0.1) is 13.0 Å². The summed E-state index contributed by atoms with van der Waals surface area (Å²) in [5, 5.41) is 13.9. The molecule has 24 heavy (non-hydrogen) atoms. The molecule has 0 bridgehead atoms. The Hall–Kier alpha value is -2.56. The second kappa shape index (κ2) is 7.34. The molecule has 0 saturated heterocycles. The molecule has 0 spiro atoms. The van der Waals surface area contributed by atoms with Crippen LogP contribution in [-0.4, -0.2) is 30.1 Å². The summed E-state index contributed by atoms with van der Waals surface area (Å²) < 4.78 is 5.21. The van der Waals surface area contributed by atoms with Crippen molar-refractivity contribution in [3.8, 4) is 5.75 Å². The van der Waals surface area contributed by atoms with E-state index in [9.17, 15) is 14.7 Å². The third-order valence-electron chi connectivity index (χ3n) is 4.20. The Labute approximate surface area is 141 Å². The first-order chi connectivity index (χ1) is 11.3. The van der Waals surface area contributed by atoms with Crippen LogP contribution in [-0.2, 0) is 9.59 Å². The predicted molar refractivity (Wildman–Crippen MR) is 93.3 cm³/mol. The molecular weight excluding hydrogens is 306 g/mol. The highest BCUT2D eigenvalue weighted by atomic mass is 16.5. The van der Waals surface area contributed by atoms with E-state index >= 15 is 0 Å². The lowest BCUT2D eigenvalue weighted by Gasteiger charge is -2.21. The molecule has 0 aromatic heterocycles. The Morgan fingerprint density at radius 3 is 2.25 bits per heavy atom. The third-order valence-corrected chi connectivity index (χ3v) is 4.20. The van der Waals surface area contributed by atoms with Crippen LogP contribution < -0.4 is 10.1 Å². The van der Waals surface area contributed by atoms with E-state index in [0.29, 0.717) is 0 Å². The number of carboxylic acids is 1. The van der Waals surface area contributed by atoms with E-state index in [1.807, 2.05) is 36.4 Å². The van der Waals surface area contributed by atoms with Gasteiger partial charge in [-0.25, -0.2) is 4.79 Å². The first kappa shape index (κ1) is 17.8. The van der Waals surface area contributed by atoms with Gasteiger partial charge in [-0.2, -0.15) is 0 Å². The number of hydrogen-bond acceptors (Lipinski definition) is 3. The molecule has 0 aliphatic carbocycles. The fourth-order valence-electron chi connectivity index (χ4n) is 2.58. The largest absolute Gasteiger partial charge is 0.497 e. The summed E-state index contributed by atoms with van der Waals surface area (Å²) in [7, 11) is 1.62. The van der Waals surface area contributed by atoms with Crippen molar-refractivity contribution in [3.63, 3.8) is 0 Å². The van der Waals surface area contributed by atoms with E-state index < -0.39 is 17.9 Å². The van der Waals surface area contributed by atoms with Crippen molar-refractivity contribution in [2.45, 2.75) is 32.7 Å². The van der Waals surface area contributed by atoms with Crippen LogP contribution in [0.2, 0.25) is 0 Å². The second-order valence-corrected chi connectivity index (χ2v) is 6.26. The van der Waals surface area contributed by atoms with Crippen LogP contribution in [0.1, 0.15) is 32.3 Å². The SMILES string of the molecule is COc1ccc2cc([C@H](C)C(=O)NC(C(=O)O)C(C)C)ccc2c1. The van der Waals surface area contributed by atoms with Crippen molar-refractivity contribution in [1.29, 1.82) is 0 Å². The first-order valence-electron chi connectivity index (χ1n) is 7.94. The summed E-state index contributed by atoms with van der Waals surface area (Å²) in [4.78, 5) is 23.6. The number of fused-ring (bicyclic) bond motifs is 1. The highest BCUT2D eigenvalue weighted by molar-refractivity contribution is 5.90. The molecule has 2 N–H and O–H groups in total. The molecule has 5 heteroatoms. The fraction of sp³-hybridized carbons (Fsp3) is 0.368. The molecule has 0 radical (unpaired) electrons. The Kier molecular flexibility index (Phi) is 5.44. The topological polar surface area (TPSA) is 75.6 Å². The van der Waals surface area contributed by atoms with Gasteiger partial charge in [0, 0.05) is 0 Å². The van der Waals surface area contributed by atoms with Crippen molar-refractivity contribution in [2.24, 2.45) is 5.92 Å². The fourth-order valence-corrected chi connectivity index (χ4v) is 2.58. The first-order valence-corrected chi connectivity index (χ1v) is 7.94. The quantitative estimate of drug-likeness (QED) is 0.853. The highest BCUT2D eigenvalue weighted by Crippen LogP contribution is 2.25. The summed E-state index contributed by atoms with van der Waals surface area (Å²) in [6.07, 6.45) is 0. The molecule has 2 rings (SSSR count). The summed E-state index contributed by atoms with van der Waals surface area (Å²) in [6.45, 7) is 5.32. The molecule has 0 aliphatic heterocycles. The number of carbonyl (C=O) groups is 2. The monoisotopic (exact) mass is 329 g/mol. The van der Waals surface area contributed by atoms with Gasteiger partial charge in [-0.15, -0.1) is 0 Å². The molecule has 1 amide bonds. The highest BCUT2D eigenvalue weighted by Gasteiger charge is 2.26. The van der Waals surface area contributed by atoms with Gasteiger partial charge >= 0.3 is 5.97 Å². The number of amides is 1.